The van der Waals surface area contributed by atoms with Gasteiger partial charge >= 0.3 is 5.97 Å². The van der Waals surface area contributed by atoms with E-state index in [-0.39, 0.29) is 4.91 Å². The van der Waals surface area contributed by atoms with Crippen LogP contribution in [0, 0.1) is 0 Å². The van der Waals surface area contributed by atoms with E-state index in [9.17, 15) is 14.4 Å². The van der Waals surface area contributed by atoms with Gasteiger partial charge in [0.05, 0.1) is 4.91 Å². The van der Waals surface area contributed by atoms with Crippen molar-refractivity contribution in [2.24, 2.45) is 0 Å². The molecule has 1 saturated heterocycles. The van der Waals surface area contributed by atoms with E-state index >= 15 is 0 Å². The fourth-order valence-corrected chi connectivity index (χ4v) is 1.45. The summed E-state index contributed by atoms with van der Waals surface area (Å²) in [5.74, 6) is -1.79. The second-order valence-electron chi connectivity index (χ2n) is 2.08. The van der Waals surface area contributed by atoms with Crippen molar-refractivity contribution in [3.8, 4) is 0 Å². The van der Waals surface area contributed by atoms with Gasteiger partial charge in [-0.1, -0.05) is 0 Å². The number of hydrogen-bond acceptors (Lipinski definition) is 4. The highest BCUT2D eigenvalue weighted by atomic mass is 32.2. The molecule has 1 fully saturated rings. The van der Waals surface area contributed by atoms with E-state index in [1.54, 1.807) is 0 Å². The third kappa shape index (κ3) is 1.48. The van der Waals surface area contributed by atoms with E-state index in [0.717, 1.165) is 11.0 Å². The molecule has 64 valence electrons. The first kappa shape index (κ1) is 8.79. The number of nitrogens with zero attached hydrogens (tertiary/aromatic N) is 1. The smallest absolute Gasteiger partial charge is 0.329 e. The highest BCUT2D eigenvalue weighted by Crippen LogP contribution is 2.28. The minimum absolute atomic E-state index is 0.0463. The van der Waals surface area contributed by atoms with Gasteiger partial charge in [0, 0.05) is 13.1 Å². The first-order chi connectivity index (χ1) is 5.52. The number of carboxylic acids is 1. The molecule has 6 heteroatoms. The standard InChI is InChI=1S/C6H5NO4S/c1-7-5(10)3(2-4(8)9)12-6(7)11/h2H,1H3,(H,8,9)/b3-2+. The van der Waals surface area contributed by atoms with Crippen LogP contribution < -0.4 is 0 Å². The number of likely N-dealkylation sites (N-methyl/N-ethyl adjacent to an activating group) is 1. The molecule has 0 radical (unpaired) electrons. The van der Waals surface area contributed by atoms with Gasteiger partial charge in [-0.25, -0.2) is 4.79 Å². The number of carbonyl (C=O) groups is 3. The lowest BCUT2D eigenvalue weighted by molar-refractivity contribution is -0.132. The average Bonchev–Trinajstić information content (AvgIpc) is 2.17. The molecule has 0 bridgehead atoms. The molecule has 0 spiro atoms. The van der Waals surface area contributed by atoms with Gasteiger partial charge in [-0.2, -0.15) is 0 Å². The molecule has 1 N–H and O–H groups in total. The van der Waals surface area contributed by atoms with Crippen LogP contribution in [0.5, 0.6) is 0 Å². The summed E-state index contributed by atoms with van der Waals surface area (Å²) in [6.45, 7) is 0. The fraction of sp³-hybridized carbons (Fsp3) is 0.167. The van der Waals surface area contributed by atoms with Crippen LogP contribution in [0.2, 0.25) is 0 Å². The van der Waals surface area contributed by atoms with Crippen LogP contribution in [0.3, 0.4) is 0 Å². The fourth-order valence-electron chi connectivity index (χ4n) is 0.658. The molecule has 1 heterocycles. The van der Waals surface area contributed by atoms with Gasteiger partial charge in [0.2, 0.25) is 0 Å². The predicted octanol–water partition coefficient (Wildman–Crippen LogP) is 0.280. The average molecular weight is 187 g/mol. The summed E-state index contributed by atoms with van der Waals surface area (Å²) in [5.41, 5.74) is 0. The molecule has 0 saturated carbocycles. The predicted molar refractivity (Wildman–Crippen MR) is 41.5 cm³/mol. The van der Waals surface area contributed by atoms with Crippen LogP contribution in [-0.2, 0) is 9.59 Å². The van der Waals surface area contributed by atoms with Crippen molar-refractivity contribution >= 4 is 28.9 Å². The van der Waals surface area contributed by atoms with Crippen LogP contribution >= 0.6 is 11.8 Å². The zero-order chi connectivity index (χ0) is 9.30. The third-order valence-electron chi connectivity index (χ3n) is 1.24. The van der Waals surface area contributed by atoms with Crippen molar-refractivity contribution in [1.82, 2.24) is 4.90 Å². The number of amides is 2. The van der Waals surface area contributed by atoms with E-state index in [0.29, 0.717) is 11.8 Å². The molecule has 5 nitrogen and oxygen atoms in total. The molecular formula is C6H5NO4S. The first-order valence-corrected chi connectivity index (χ1v) is 3.78. The van der Waals surface area contributed by atoms with Crippen LogP contribution in [0.15, 0.2) is 11.0 Å². The molecule has 12 heavy (non-hydrogen) atoms. The number of aliphatic carboxylic acids is 1. The maximum Gasteiger partial charge on any atom is 0.329 e. The largest absolute Gasteiger partial charge is 0.478 e. The van der Waals surface area contributed by atoms with Gasteiger partial charge in [0.1, 0.15) is 0 Å². The molecule has 0 aromatic heterocycles. The van der Waals surface area contributed by atoms with Crippen molar-refractivity contribution in [3.63, 3.8) is 0 Å². The van der Waals surface area contributed by atoms with Gasteiger partial charge in [-0.15, -0.1) is 0 Å². The number of thioether (sulfide) groups is 1. The van der Waals surface area contributed by atoms with Crippen LogP contribution in [0.1, 0.15) is 0 Å². The zero-order valence-electron chi connectivity index (χ0n) is 6.10. The van der Waals surface area contributed by atoms with Gasteiger partial charge in [-0.3, -0.25) is 14.5 Å². The summed E-state index contributed by atoms with van der Waals surface area (Å²) < 4.78 is 0. The van der Waals surface area contributed by atoms with Crippen LogP contribution in [-0.4, -0.2) is 34.2 Å². The quantitative estimate of drug-likeness (QED) is 0.597. The Hall–Kier alpha value is -1.30. The van der Waals surface area contributed by atoms with E-state index in [1.165, 1.54) is 7.05 Å². The molecule has 1 rings (SSSR count). The molecule has 2 amide bonds. The summed E-state index contributed by atoms with van der Waals surface area (Å²) >= 11 is 0.628. The topological polar surface area (TPSA) is 74.7 Å². The summed E-state index contributed by atoms with van der Waals surface area (Å²) in [5, 5.41) is 7.84. The SMILES string of the molecule is CN1C(=O)S/C(=C/C(=O)O)C1=O. The molecule has 0 aromatic rings. The lowest BCUT2D eigenvalue weighted by atomic mass is 10.4. The summed E-state index contributed by atoms with van der Waals surface area (Å²) in [6.07, 6.45) is 0.731. The lowest BCUT2D eigenvalue weighted by Gasteiger charge is -2.00. The van der Waals surface area contributed by atoms with Crippen molar-refractivity contribution in [3.05, 3.63) is 11.0 Å². The Morgan fingerprint density at radius 1 is 1.58 bits per heavy atom. The second-order valence-corrected chi connectivity index (χ2v) is 3.07. The van der Waals surface area contributed by atoms with E-state index in [2.05, 4.69) is 0 Å². The highest BCUT2D eigenvalue weighted by Gasteiger charge is 2.32. The van der Waals surface area contributed by atoms with E-state index in [4.69, 9.17) is 5.11 Å². The van der Waals surface area contributed by atoms with Gasteiger partial charge in [-0.05, 0) is 11.8 Å². The van der Waals surface area contributed by atoms with Gasteiger partial charge < -0.3 is 5.11 Å². The summed E-state index contributed by atoms with van der Waals surface area (Å²) in [4.78, 5) is 32.8. The van der Waals surface area contributed by atoms with Crippen molar-refractivity contribution in [1.29, 1.82) is 0 Å². The molecule has 1 aliphatic rings. The minimum atomic E-state index is -1.23. The normalized spacial score (nSPS) is 20.8. The number of rotatable bonds is 1. The maximum absolute atomic E-state index is 11.0. The summed E-state index contributed by atoms with van der Waals surface area (Å²) in [6, 6.07) is 0. The van der Waals surface area contributed by atoms with E-state index in [1.807, 2.05) is 0 Å². The Morgan fingerprint density at radius 3 is 2.50 bits per heavy atom. The van der Waals surface area contributed by atoms with Crippen molar-refractivity contribution in [2.45, 2.75) is 0 Å². The monoisotopic (exact) mass is 187 g/mol. The van der Waals surface area contributed by atoms with Crippen LogP contribution in [0.4, 0.5) is 4.79 Å². The van der Waals surface area contributed by atoms with Crippen molar-refractivity contribution in [2.75, 3.05) is 7.05 Å². The highest BCUT2D eigenvalue weighted by molar-refractivity contribution is 8.18. The second kappa shape index (κ2) is 2.98. The van der Waals surface area contributed by atoms with Crippen molar-refractivity contribution < 1.29 is 19.5 Å². The van der Waals surface area contributed by atoms with Gasteiger partial charge in [0.15, 0.2) is 0 Å². The zero-order valence-corrected chi connectivity index (χ0v) is 6.92. The Labute approximate surface area is 72.0 Å². The lowest BCUT2D eigenvalue weighted by Crippen LogP contribution is -2.22. The van der Waals surface area contributed by atoms with E-state index < -0.39 is 17.1 Å². The number of carbonyl (C=O) groups excluding carboxylic acids is 2. The van der Waals surface area contributed by atoms with Crippen LogP contribution in [0.25, 0.3) is 0 Å². The first-order valence-electron chi connectivity index (χ1n) is 2.97. The van der Waals surface area contributed by atoms with Gasteiger partial charge in [0.25, 0.3) is 11.1 Å². The molecule has 0 aliphatic carbocycles. The maximum atomic E-state index is 11.0. The Kier molecular flexibility index (Phi) is 2.18. The molecular weight excluding hydrogens is 182 g/mol. The minimum Gasteiger partial charge on any atom is -0.478 e. The Balaban J connectivity index is 2.92. The number of carboxylic acid groups (broad SMARTS) is 1. The molecule has 0 aromatic carbocycles. The number of imide groups is 1. The Bertz CT molecular complexity index is 296. The molecule has 0 unspecified atom stereocenters. The third-order valence-corrected chi connectivity index (χ3v) is 2.20. The summed E-state index contributed by atoms with van der Waals surface area (Å²) in [7, 11) is 1.31. The number of hydrogen-bond donors (Lipinski definition) is 1. The molecule has 0 atom stereocenters. The molecule has 1 aliphatic heterocycles. The Morgan fingerprint density at radius 2 is 2.17 bits per heavy atom.